The molecule has 0 aliphatic rings. The van der Waals surface area contributed by atoms with Gasteiger partial charge in [0.15, 0.2) is 0 Å². The van der Waals surface area contributed by atoms with Crippen molar-refractivity contribution in [2.45, 2.75) is 58.7 Å². The number of hydrogen-bond acceptors (Lipinski definition) is 3. The summed E-state index contributed by atoms with van der Waals surface area (Å²) in [5, 5.41) is 7.95. The highest BCUT2D eigenvalue weighted by atomic mass is 16.5. The van der Waals surface area contributed by atoms with Crippen molar-refractivity contribution in [2.24, 2.45) is 0 Å². The molecule has 104 valence electrons. The maximum Gasteiger partial charge on any atom is 0.0781 e. The molecule has 1 rings (SSSR count). The molecule has 1 aromatic rings. The molecule has 4 heteroatoms. The molecule has 1 N–H and O–H groups in total. The molecule has 0 saturated carbocycles. The Morgan fingerprint density at radius 1 is 1.39 bits per heavy atom. The van der Waals surface area contributed by atoms with Crippen LogP contribution in [0.15, 0.2) is 12.3 Å². The van der Waals surface area contributed by atoms with Gasteiger partial charge in [-0.1, -0.05) is 20.3 Å². The summed E-state index contributed by atoms with van der Waals surface area (Å²) < 4.78 is 7.74. The van der Waals surface area contributed by atoms with Gasteiger partial charge in [-0.3, -0.25) is 4.68 Å². The lowest BCUT2D eigenvalue weighted by Gasteiger charge is -2.28. The molecule has 4 nitrogen and oxygen atoms in total. The van der Waals surface area contributed by atoms with Crippen molar-refractivity contribution in [2.75, 3.05) is 13.7 Å². The van der Waals surface area contributed by atoms with Gasteiger partial charge in [0.1, 0.15) is 0 Å². The van der Waals surface area contributed by atoms with E-state index in [-0.39, 0.29) is 12.1 Å². The van der Waals surface area contributed by atoms with Crippen LogP contribution < -0.4 is 5.32 Å². The first-order valence-electron chi connectivity index (χ1n) is 6.95. The molecule has 0 fully saturated rings. The molecule has 0 bridgehead atoms. The summed E-state index contributed by atoms with van der Waals surface area (Å²) in [6.45, 7) is 9.55. The highest BCUT2D eigenvalue weighted by Crippen LogP contribution is 2.24. The maximum absolute atomic E-state index is 5.66. The summed E-state index contributed by atoms with van der Waals surface area (Å²) in [5.74, 6) is 0. The van der Waals surface area contributed by atoms with Gasteiger partial charge in [-0.2, -0.15) is 5.10 Å². The van der Waals surface area contributed by atoms with E-state index in [0.29, 0.717) is 6.04 Å². The summed E-state index contributed by atoms with van der Waals surface area (Å²) in [4.78, 5) is 0. The minimum absolute atomic E-state index is 0.198. The molecular weight excluding hydrogens is 226 g/mol. The minimum atomic E-state index is 0.198. The molecule has 18 heavy (non-hydrogen) atoms. The Hall–Kier alpha value is -0.870. The first-order valence-corrected chi connectivity index (χ1v) is 6.95. The van der Waals surface area contributed by atoms with Crippen molar-refractivity contribution in [1.29, 1.82) is 0 Å². The zero-order valence-corrected chi connectivity index (χ0v) is 12.3. The average molecular weight is 253 g/mol. The van der Waals surface area contributed by atoms with Crippen LogP contribution in [0.4, 0.5) is 0 Å². The van der Waals surface area contributed by atoms with Crippen molar-refractivity contribution in [3.63, 3.8) is 0 Å². The molecule has 2 unspecified atom stereocenters. The smallest absolute Gasteiger partial charge is 0.0781 e. The zero-order valence-electron chi connectivity index (χ0n) is 12.3. The second kappa shape index (κ2) is 7.54. The summed E-state index contributed by atoms with van der Waals surface area (Å²) in [5.41, 5.74) is 1.21. The topological polar surface area (TPSA) is 39.1 Å². The van der Waals surface area contributed by atoms with E-state index in [1.165, 1.54) is 5.69 Å². The molecule has 0 amide bonds. The van der Waals surface area contributed by atoms with E-state index < -0.39 is 0 Å². The molecule has 0 aliphatic carbocycles. The van der Waals surface area contributed by atoms with E-state index in [2.05, 4.69) is 48.9 Å². The van der Waals surface area contributed by atoms with Crippen molar-refractivity contribution in [3.8, 4) is 0 Å². The first-order chi connectivity index (χ1) is 8.65. The van der Waals surface area contributed by atoms with Crippen molar-refractivity contribution >= 4 is 0 Å². The SMILES string of the molecule is CCCC(OC)C(NCC)c1ccnn1C(C)C. The molecule has 0 aliphatic heterocycles. The lowest BCUT2D eigenvalue weighted by Crippen LogP contribution is -2.35. The van der Waals surface area contributed by atoms with Crippen molar-refractivity contribution in [1.82, 2.24) is 15.1 Å². The zero-order chi connectivity index (χ0) is 13.5. The second-order valence-electron chi connectivity index (χ2n) is 4.89. The molecular formula is C14H27N3O. The third-order valence-electron chi connectivity index (χ3n) is 3.18. The lowest BCUT2D eigenvalue weighted by atomic mass is 10.0. The maximum atomic E-state index is 5.66. The number of hydrogen-bond donors (Lipinski definition) is 1. The van der Waals surface area contributed by atoms with Gasteiger partial charge in [0.25, 0.3) is 0 Å². The molecule has 0 saturated heterocycles. The average Bonchev–Trinajstić information content (AvgIpc) is 2.82. The number of methoxy groups -OCH3 is 1. The van der Waals surface area contributed by atoms with Gasteiger partial charge in [0.2, 0.25) is 0 Å². The van der Waals surface area contributed by atoms with Gasteiger partial charge < -0.3 is 10.1 Å². The molecule has 0 radical (unpaired) electrons. The van der Waals surface area contributed by atoms with Crippen LogP contribution in [0.2, 0.25) is 0 Å². The summed E-state index contributed by atoms with van der Waals surface area (Å²) in [6.07, 6.45) is 4.25. The fraction of sp³-hybridized carbons (Fsp3) is 0.786. The predicted octanol–water partition coefficient (Wildman–Crippen LogP) is 2.93. The normalized spacial score (nSPS) is 15.0. The van der Waals surface area contributed by atoms with Crippen LogP contribution in [0.5, 0.6) is 0 Å². The van der Waals surface area contributed by atoms with Gasteiger partial charge in [0.05, 0.1) is 17.8 Å². The first kappa shape index (κ1) is 15.2. The lowest BCUT2D eigenvalue weighted by molar-refractivity contribution is 0.0579. The van der Waals surface area contributed by atoms with Crippen LogP contribution in [0.1, 0.15) is 58.3 Å². The second-order valence-corrected chi connectivity index (χ2v) is 4.89. The number of rotatable bonds is 8. The van der Waals surface area contributed by atoms with Gasteiger partial charge >= 0.3 is 0 Å². The van der Waals surface area contributed by atoms with E-state index in [1.807, 2.05) is 6.20 Å². The van der Waals surface area contributed by atoms with E-state index in [1.54, 1.807) is 7.11 Å². The number of nitrogens with zero attached hydrogens (tertiary/aromatic N) is 2. The Balaban J connectivity index is 2.98. The molecule has 2 atom stereocenters. The molecule has 0 spiro atoms. The van der Waals surface area contributed by atoms with Crippen LogP contribution in [-0.2, 0) is 4.74 Å². The standard InChI is InChI=1S/C14H27N3O/c1-6-8-13(18-5)14(15-7-2)12-9-10-16-17(12)11(3)4/h9-11,13-15H,6-8H2,1-5H3. The summed E-state index contributed by atoms with van der Waals surface area (Å²) in [7, 11) is 1.79. The summed E-state index contributed by atoms with van der Waals surface area (Å²) >= 11 is 0. The third kappa shape index (κ3) is 3.56. The molecule has 1 aromatic heterocycles. The largest absolute Gasteiger partial charge is 0.379 e. The highest BCUT2D eigenvalue weighted by Gasteiger charge is 2.25. The van der Waals surface area contributed by atoms with Crippen molar-refractivity contribution < 1.29 is 4.74 Å². The highest BCUT2D eigenvalue weighted by molar-refractivity contribution is 5.10. The Kier molecular flexibility index (Phi) is 6.36. The van der Waals surface area contributed by atoms with E-state index in [0.717, 1.165) is 19.4 Å². The van der Waals surface area contributed by atoms with E-state index in [4.69, 9.17) is 4.74 Å². The quantitative estimate of drug-likeness (QED) is 0.774. The van der Waals surface area contributed by atoms with Crippen LogP contribution >= 0.6 is 0 Å². The number of nitrogens with one attached hydrogen (secondary N) is 1. The third-order valence-corrected chi connectivity index (χ3v) is 3.18. The Morgan fingerprint density at radius 2 is 2.11 bits per heavy atom. The number of aromatic nitrogens is 2. The van der Waals surface area contributed by atoms with Crippen LogP contribution in [0, 0.1) is 0 Å². The Labute approximate surface area is 111 Å². The Bertz CT molecular complexity index is 336. The monoisotopic (exact) mass is 253 g/mol. The number of likely N-dealkylation sites (N-methyl/N-ethyl adjacent to an activating group) is 1. The van der Waals surface area contributed by atoms with Crippen LogP contribution in [-0.4, -0.2) is 29.5 Å². The van der Waals surface area contributed by atoms with Gasteiger partial charge in [-0.05, 0) is 32.9 Å². The van der Waals surface area contributed by atoms with E-state index in [9.17, 15) is 0 Å². The molecule has 0 aromatic carbocycles. The van der Waals surface area contributed by atoms with Gasteiger partial charge in [-0.15, -0.1) is 0 Å². The van der Waals surface area contributed by atoms with Gasteiger partial charge in [0, 0.05) is 19.3 Å². The van der Waals surface area contributed by atoms with Crippen LogP contribution in [0.3, 0.4) is 0 Å². The Morgan fingerprint density at radius 3 is 2.61 bits per heavy atom. The minimum Gasteiger partial charge on any atom is -0.379 e. The van der Waals surface area contributed by atoms with Crippen molar-refractivity contribution in [3.05, 3.63) is 18.0 Å². The summed E-state index contributed by atoms with van der Waals surface area (Å²) in [6, 6.07) is 2.68. The fourth-order valence-corrected chi connectivity index (χ4v) is 2.35. The fourth-order valence-electron chi connectivity index (χ4n) is 2.35. The predicted molar refractivity (Wildman–Crippen MR) is 74.7 cm³/mol. The molecule has 1 heterocycles. The number of ether oxygens (including phenoxy) is 1. The van der Waals surface area contributed by atoms with E-state index >= 15 is 0 Å². The van der Waals surface area contributed by atoms with Gasteiger partial charge in [-0.25, -0.2) is 0 Å². The van der Waals surface area contributed by atoms with Crippen LogP contribution in [0.25, 0.3) is 0 Å².